The van der Waals surface area contributed by atoms with Gasteiger partial charge in [-0.05, 0) is 92.6 Å². The third-order valence-corrected chi connectivity index (χ3v) is 8.36. The Morgan fingerprint density at radius 2 is 1.56 bits per heavy atom. The van der Waals surface area contributed by atoms with Crippen LogP contribution in [0.2, 0.25) is 0 Å². The second-order valence-electron chi connectivity index (χ2n) is 10.3. The first kappa shape index (κ1) is 25.1. The van der Waals surface area contributed by atoms with Crippen LogP contribution in [0.25, 0.3) is 0 Å². The molecule has 1 aromatic rings. The van der Waals surface area contributed by atoms with E-state index in [1.54, 1.807) is 6.92 Å². The summed E-state index contributed by atoms with van der Waals surface area (Å²) < 4.78 is 41.6. The summed E-state index contributed by atoms with van der Waals surface area (Å²) in [5.74, 6) is 1.40. The zero-order valence-electron chi connectivity index (χ0n) is 19.8. The first-order valence-electron chi connectivity index (χ1n) is 12.6. The van der Waals surface area contributed by atoms with Gasteiger partial charge in [-0.15, -0.1) is 0 Å². The second kappa shape index (κ2) is 10.6. The van der Waals surface area contributed by atoms with Gasteiger partial charge in [-0.25, -0.2) is 0 Å². The maximum atomic E-state index is 13.9. The normalized spacial score (nSPS) is 27.8. The lowest BCUT2D eigenvalue weighted by Gasteiger charge is -2.39. The van der Waals surface area contributed by atoms with E-state index in [0.29, 0.717) is 11.8 Å². The molecule has 0 heterocycles. The van der Waals surface area contributed by atoms with Crippen molar-refractivity contribution in [2.24, 2.45) is 23.7 Å². The summed E-state index contributed by atoms with van der Waals surface area (Å²) in [4.78, 5) is 12.0. The molecule has 5 heteroatoms. The molecule has 0 aromatic heterocycles. The van der Waals surface area contributed by atoms with Crippen molar-refractivity contribution in [1.82, 2.24) is 0 Å². The molecule has 1 aromatic carbocycles. The Hall–Kier alpha value is -1.52. The molecule has 1 atom stereocenters. The molecule has 0 saturated heterocycles. The molecule has 0 radical (unpaired) electrons. The van der Waals surface area contributed by atoms with Gasteiger partial charge in [0.2, 0.25) is 0 Å². The van der Waals surface area contributed by atoms with E-state index in [-0.39, 0.29) is 23.5 Å². The molecule has 0 spiro atoms. The number of carbonyl (C=O) groups excluding carboxylic acids is 1. The van der Waals surface area contributed by atoms with E-state index in [1.807, 2.05) is 0 Å². The van der Waals surface area contributed by atoms with Crippen molar-refractivity contribution in [3.8, 4) is 5.75 Å². The van der Waals surface area contributed by atoms with E-state index in [1.165, 1.54) is 50.7 Å². The summed E-state index contributed by atoms with van der Waals surface area (Å²) >= 11 is 0. The Morgan fingerprint density at radius 3 is 2.06 bits per heavy atom. The molecule has 3 rings (SSSR count). The summed E-state index contributed by atoms with van der Waals surface area (Å²) in [7, 11) is 0. The molecule has 2 fully saturated rings. The van der Waals surface area contributed by atoms with Crippen LogP contribution >= 0.6 is 0 Å². The Kier molecular flexibility index (Phi) is 8.32. The third kappa shape index (κ3) is 5.51. The number of phenols is 1. The summed E-state index contributed by atoms with van der Waals surface area (Å²) in [5.41, 5.74) is -1.05. The van der Waals surface area contributed by atoms with Crippen molar-refractivity contribution in [3.63, 3.8) is 0 Å². The lowest BCUT2D eigenvalue weighted by Crippen LogP contribution is -2.27. The first-order chi connectivity index (χ1) is 15.2. The van der Waals surface area contributed by atoms with Gasteiger partial charge >= 0.3 is 6.18 Å². The monoisotopic (exact) mass is 452 g/mol. The summed E-state index contributed by atoms with van der Waals surface area (Å²) in [6.45, 7) is 6.22. The van der Waals surface area contributed by atoms with Crippen LogP contribution in [-0.4, -0.2) is 10.9 Å². The Morgan fingerprint density at radius 1 is 1.00 bits per heavy atom. The van der Waals surface area contributed by atoms with E-state index >= 15 is 0 Å². The number of rotatable bonds is 7. The molecule has 32 heavy (non-hydrogen) atoms. The van der Waals surface area contributed by atoms with Crippen LogP contribution in [0.3, 0.4) is 0 Å². The van der Waals surface area contributed by atoms with E-state index in [0.717, 1.165) is 37.5 Å². The van der Waals surface area contributed by atoms with Gasteiger partial charge in [0, 0.05) is 6.42 Å². The van der Waals surface area contributed by atoms with Crippen LogP contribution in [0.5, 0.6) is 5.75 Å². The lowest BCUT2D eigenvalue weighted by molar-refractivity contribution is -0.139. The minimum absolute atomic E-state index is 0.0643. The minimum atomic E-state index is -4.67. The summed E-state index contributed by atoms with van der Waals surface area (Å²) in [5, 5.41) is 10.4. The molecule has 2 nitrogen and oxygen atoms in total. The molecular formula is C27H39F3O2. The highest BCUT2D eigenvalue weighted by atomic mass is 19.4. The van der Waals surface area contributed by atoms with Crippen molar-refractivity contribution in [2.45, 2.75) is 103 Å². The zero-order valence-corrected chi connectivity index (χ0v) is 19.8. The third-order valence-electron chi connectivity index (χ3n) is 8.36. The van der Waals surface area contributed by atoms with E-state index in [4.69, 9.17) is 0 Å². The quantitative estimate of drug-likeness (QED) is 0.421. The van der Waals surface area contributed by atoms with Crippen molar-refractivity contribution >= 4 is 5.78 Å². The van der Waals surface area contributed by atoms with Gasteiger partial charge < -0.3 is 5.11 Å². The molecule has 2 saturated carbocycles. The highest BCUT2D eigenvalue weighted by molar-refractivity contribution is 5.99. The van der Waals surface area contributed by atoms with Gasteiger partial charge in [0.25, 0.3) is 0 Å². The zero-order chi connectivity index (χ0) is 23.5. The highest BCUT2D eigenvalue weighted by Crippen LogP contribution is 2.49. The topological polar surface area (TPSA) is 37.3 Å². The number of carbonyl (C=O) groups is 1. The molecule has 1 N–H and O–H groups in total. The summed E-state index contributed by atoms with van der Waals surface area (Å²) in [6.07, 6.45) is 6.41. The highest BCUT2D eigenvalue weighted by Gasteiger charge is 2.41. The average Bonchev–Trinajstić information content (AvgIpc) is 2.78. The van der Waals surface area contributed by atoms with Crippen LogP contribution in [0.4, 0.5) is 13.2 Å². The van der Waals surface area contributed by atoms with Crippen LogP contribution in [0.1, 0.15) is 119 Å². The molecule has 2 aliphatic rings. The van der Waals surface area contributed by atoms with Crippen LogP contribution in [0, 0.1) is 23.7 Å². The Labute approximate surface area is 191 Å². The largest absolute Gasteiger partial charge is 0.507 e. The average molecular weight is 453 g/mol. The standard InChI is InChI=1S/C27H39F3O2/c1-4-6-17(3)18-7-9-19(10-8-18)20-11-13-21(14-12-20)22-15-16-23(24(31)5-2)26(32)25(22)27(28,29)30/h15-21,32H,4-14H2,1-3H3. The molecule has 0 aliphatic heterocycles. The second-order valence-corrected chi connectivity index (χ2v) is 10.3. The molecule has 180 valence electrons. The molecule has 0 bridgehead atoms. The van der Waals surface area contributed by atoms with Gasteiger partial charge in [-0.3, -0.25) is 4.79 Å². The van der Waals surface area contributed by atoms with Gasteiger partial charge in [-0.2, -0.15) is 13.2 Å². The van der Waals surface area contributed by atoms with Crippen molar-refractivity contribution in [1.29, 1.82) is 0 Å². The fourth-order valence-corrected chi connectivity index (χ4v) is 6.44. The SMILES string of the molecule is CCCC(C)C1CCC(C2CCC(c3ccc(C(=O)CC)c(O)c3C(F)(F)F)CC2)CC1. The Balaban J connectivity index is 1.67. The predicted molar refractivity (Wildman–Crippen MR) is 122 cm³/mol. The van der Waals surface area contributed by atoms with E-state index < -0.39 is 23.3 Å². The number of alkyl halides is 3. The van der Waals surface area contributed by atoms with Crippen molar-refractivity contribution in [3.05, 3.63) is 28.8 Å². The van der Waals surface area contributed by atoms with E-state index in [2.05, 4.69) is 13.8 Å². The van der Waals surface area contributed by atoms with Crippen LogP contribution in [-0.2, 0) is 6.18 Å². The van der Waals surface area contributed by atoms with Crippen LogP contribution in [0.15, 0.2) is 12.1 Å². The fraction of sp³-hybridized carbons (Fsp3) is 0.741. The van der Waals surface area contributed by atoms with Gasteiger partial charge in [0.1, 0.15) is 11.3 Å². The molecule has 2 aliphatic carbocycles. The molecular weight excluding hydrogens is 413 g/mol. The van der Waals surface area contributed by atoms with Crippen molar-refractivity contribution < 1.29 is 23.1 Å². The molecule has 1 unspecified atom stereocenters. The van der Waals surface area contributed by atoms with Gasteiger partial charge in [0.15, 0.2) is 5.78 Å². The smallest absolute Gasteiger partial charge is 0.420 e. The maximum Gasteiger partial charge on any atom is 0.420 e. The number of ketones is 1. The fourth-order valence-electron chi connectivity index (χ4n) is 6.44. The van der Waals surface area contributed by atoms with Gasteiger partial charge in [-0.1, -0.05) is 39.7 Å². The number of aromatic hydroxyl groups is 1. The Bertz CT molecular complexity index is 770. The predicted octanol–water partition coefficient (Wildman–Crippen LogP) is 8.52. The lowest BCUT2D eigenvalue weighted by atomic mass is 9.66. The summed E-state index contributed by atoms with van der Waals surface area (Å²) in [6, 6.07) is 2.83. The van der Waals surface area contributed by atoms with Gasteiger partial charge in [0.05, 0.1) is 5.56 Å². The number of phenolic OH excluding ortho intramolecular Hbond substituents is 1. The molecule has 0 amide bonds. The van der Waals surface area contributed by atoms with Crippen molar-refractivity contribution in [2.75, 3.05) is 0 Å². The maximum absolute atomic E-state index is 13.9. The minimum Gasteiger partial charge on any atom is -0.507 e. The first-order valence-corrected chi connectivity index (χ1v) is 12.6. The number of hydrogen-bond donors (Lipinski definition) is 1. The van der Waals surface area contributed by atoms with E-state index in [9.17, 15) is 23.1 Å². The van der Waals surface area contributed by atoms with Crippen LogP contribution < -0.4 is 0 Å². The number of benzene rings is 1. The number of halogens is 3. The number of Topliss-reactive ketones (excluding diaryl/α,β-unsaturated/α-hetero) is 1. The number of hydrogen-bond acceptors (Lipinski definition) is 2.